The van der Waals surface area contributed by atoms with Gasteiger partial charge in [0.1, 0.15) is 11.8 Å². The monoisotopic (exact) mass is 353 g/mol. The molecule has 1 aliphatic heterocycles. The molecule has 3 atom stereocenters. The molecule has 7 nitrogen and oxygen atoms in total. The van der Waals surface area contributed by atoms with Crippen molar-refractivity contribution in [1.29, 1.82) is 0 Å². The molecule has 0 amide bonds. The number of rotatable bonds is 3. The minimum Gasteiger partial charge on any atom is -0.396 e. The van der Waals surface area contributed by atoms with Gasteiger partial charge in [0.25, 0.3) is 0 Å². The first-order valence-corrected chi connectivity index (χ1v) is 9.62. The SMILES string of the molecule is Nc1ncnc2c1ncn2[C@H]1C(CO)[C@@H](CO)C12SCCCS2. The molecule has 2 aromatic rings. The number of nitrogens with zero attached hydrogens (tertiary/aromatic N) is 4. The van der Waals surface area contributed by atoms with E-state index < -0.39 is 0 Å². The van der Waals surface area contributed by atoms with E-state index in [1.165, 1.54) is 12.7 Å². The highest BCUT2D eigenvalue weighted by Crippen LogP contribution is 2.67. The van der Waals surface area contributed by atoms with E-state index in [0.29, 0.717) is 17.0 Å². The van der Waals surface area contributed by atoms with Crippen LogP contribution in [0, 0.1) is 11.8 Å². The van der Waals surface area contributed by atoms with Crippen molar-refractivity contribution in [3.8, 4) is 0 Å². The van der Waals surface area contributed by atoms with Crippen molar-refractivity contribution < 1.29 is 10.2 Å². The van der Waals surface area contributed by atoms with Crippen molar-refractivity contribution >= 4 is 40.5 Å². The van der Waals surface area contributed by atoms with Gasteiger partial charge in [-0.05, 0) is 17.9 Å². The third-order valence-corrected chi connectivity index (χ3v) is 8.57. The highest BCUT2D eigenvalue weighted by Gasteiger charge is 2.63. The van der Waals surface area contributed by atoms with Crippen molar-refractivity contribution in [2.75, 3.05) is 30.5 Å². The maximum Gasteiger partial charge on any atom is 0.165 e. The molecule has 2 aliphatic rings. The number of aliphatic hydroxyl groups is 2. The number of hydrogen-bond donors (Lipinski definition) is 3. The summed E-state index contributed by atoms with van der Waals surface area (Å²) < 4.78 is 1.89. The second kappa shape index (κ2) is 5.80. The minimum atomic E-state index is -0.131. The van der Waals surface area contributed by atoms with Gasteiger partial charge in [-0.1, -0.05) is 0 Å². The van der Waals surface area contributed by atoms with Crippen LogP contribution in [0.25, 0.3) is 11.2 Å². The standard InChI is InChI=1S/C14H19N5O2S2/c15-12-10-13(17-6-16-12)19(7-18-10)11-8(4-20)9(5-21)14(11)22-2-1-3-23-14/h6-9,11,20-21H,1-5H2,(H2,15,16,17)/t8?,9-,11+/m1/s1. The number of hydrogen-bond acceptors (Lipinski definition) is 8. The summed E-state index contributed by atoms with van der Waals surface area (Å²) in [7, 11) is 0. The van der Waals surface area contributed by atoms with Gasteiger partial charge < -0.3 is 20.5 Å². The Hall–Kier alpha value is -1.03. The molecule has 9 heteroatoms. The zero-order valence-corrected chi connectivity index (χ0v) is 14.1. The Morgan fingerprint density at radius 3 is 2.70 bits per heavy atom. The number of nitrogens with two attached hydrogens (primary N) is 1. The summed E-state index contributed by atoms with van der Waals surface area (Å²) in [6.45, 7) is 0.129. The molecule has 124 valence electrons. The van der Waals surface area contributed by atoms with Crippen molar-refractivity contribution in [1.82, 2.24) is 19.5 Å². The fourth-order valence-electron chi connectivity index (χ4n) is 3.83. The Morgan fingerprint density at radius 2 is 2.00 bits per heavy atom. The Labute approximate surface area is 142 Å². The summed E-state index contributed by atoms with van der Waals surface area (Å²) in [5.41, 5.74) is 7.19. The van der Waals surface area contributed by atoms with Gasteiger partial charge in [0, 0.05) is 25.0 Å². The summed E-state index contributed by atoms with van der Waals surface area (Å²) in [4.78, 5) is 12.7. The maximum atomic E-state index is 9.88. The number of thioether (sulfide) groups is 2. The summed E-state index contributed by atoms with van der Waals surface area (Å²) in [6, 6.07) is 0.0410. The highest BCUT2D eigenvalue weighted by molar-refractivity contribution is 8.19. The van der Waals surface area contributed by atoms with E-state index in [9.17, 15) is 10.2 Å². The summed E-state index contributed by atoms with van der Waals surface area (Å²) in [5.74, 6) is 2.57. The van der Waals surface area contributed by atoms with Gasteiger partial charge in [-0.2, -0.15) is 0 Å². The summed E-state index contributed by atoms with van der Waals surface area (Å²) >= 11 is 3.78. The van der Waals surface area contributed by atoms with Gasteiger partial charge in [-0.25, -0.2) is 15.0 Å². The van der Waals surface area contributed by atoms with Crippen LogP contribution in [0.5, 0.6) is 0 Å². The molecule has 2 fully saturated rings. The molecule has 0 bridgehead atoms. The Balaban J connectivity index is 1.82. The van der Waals surface area contributed by atoms with E-state index in [0.717, 1.165) is 11.5 Å². The molecule has 0 aromatic carbocycles. The third-order valence-electron chi connectivity index (χ3n) is 4.89. The van der Waals surface area contributed by atoms with E-state index in [2.05, 4.69) is 15.0 Å². The Kier molecular flexibility index (Phi) is 3.91. The van der Waals surface area contributed by atoms with Crippen LogP contribution in [-0.2, 0) is 0 Å². The predicted molar refractivity (Wildman–Crippen MR) is 92.2 cm³/mol. The topological polar surface area (TPSA) is 110 Å². The largest absolute Gasteiger partial charge is 0.396 e. The van der Waals surface area contributed by atoms with Crippen LogP contribution in [0.4, 0.5) is 5.82 Å². The Morgan fingerprint density at radius 1 is 1.22 bits per heavy atom. The molecule has 0 radical (unpaired) electrons. The molecule has 3 heterocycles. The molecule has 1 saturated heterocycles. The van der Waals surface area contributed by atoms with E-state index in [4.69, 9.17) is 5.73 Å². The molecule has 4 rings (SSSR count). The van der Waals surface area contributed by atoms with E-state index in [1.807, 2.05) is 28.1 Å². The zero-order valence-electron chi connectivity index (χ0n) is 12.5. The lowest BCUT2D eigenvalue weighted by Crippen LogP contribution is -2.62. The molecule has 1 unspecified atom stereocenters. The first-order chi connectivity index (χ1) is 11.2. The van der Waals surface area contributed by atoms with Crippen LogP contribution in [-0.4, -0.2) is 58.5 Å². The van der Waals surface area contributed by atoms with Gasteiger partial charge in [-0.15, -0.1) is 23.5 Å². The van der Waals surface area contributed by atoms with E-state index in [1.54, 1.807) is 6.33 Å². The van der Waals surface area contributed by atoms with E-state index >= 15 is 0 Å². The summed E-state index contributed by atoms with van der Waals surface area (Å²) in [6.07, 6.45) is 4.36. The number of imidazole rings is 1. The highest BCUT2D eigenvalue weighted by atomic mass is 32.2. The van der Waals surface area contributed by atoms with Crippen LogP contribution < -0.4 is 5.73 Å². The quantitative estimate of drug-likeness (QED) is 0.741. The van der Waals surface area contributed by atoms with Crippen molar-refractivity contribution in [3.63, 3.8) is 0 Å². The predicted octanol–water partition coefficient (Wildman–Crippen LogP) is 0.747. The van der Waals surface area contributed by atoms with E-state index in [-0.39, 0.29) is 35.2 Å². The second-order valence-corrected chi connectivity index (χ2v) is 8.94. The molecular formula is C14H19N5O2S2. The third kappa shape index (κ3) is 2.10. The van der Waals surface area contributed by atoms with Crippen LogP contribution in [0.3, 0.4) is 0 Å². The summed E-state index contributed by atoms with van der Waals surface area (Å²) in [5, 5.41) is 19.7. The van der Waals surface area contributed by atoms with Crippen LogP contribution in [0.1, 0.15) is 12.5 Å². The van der Waals surface area contributed by atoms with Gasteiger partial charge in [0.2, 0.25) is 0 Å². The molecule has 4 N–H and O–H groups in total. The van der Waals surface area contributed by atoms with Gasteiger partial charge in [0.15, 0.2) is 11.5 Å². The zero-order chi connectivity index (χ0) is 16.0. The lowest BCUT2D eigenvalue weighted by molar-refractivity contribution is -0.0106. The number of nitrogen functional groups attached to an aromatic ring is 1. The molecule has 2 aromatic heterocycles. The lowest BCUT2D eigenvalue weighted by atomic mass is 9.68. The van der Waals surface area contributed by atoms with Crippen molar-refractivity contribution in [3.05, 3.63) is 12.7 Å². The van der Waals surface area contributed by atoms with Crippen LogP contribution in [0.15, 0.2) is 12.7 Å². The smallest absolute Gasteiger partial charge is 0.165 e. The fraction of sp³-hybridized carbons (Fsp3) is 0.643. The first kappa shape index (κ1) is 15.5. The average Bonchev–Trinajstić information content (AvgIpc) is 2.99. The number of fused-ring (bicyclic) bond motifs is 1. The molecule has 1 aliphatic carbocycles. The normalized spacial score (nSPS) is 29.7. The fourth-order valence-corrected chi connectivity index (χ4v) is 7.91. The molecule has 1 saturated carbocycles. The number of aromatic nitrogens is 4. The first-order valence-electron chi connectivity index (χ1n) is 7.65. The Bertz CT molecular complexity index is 718. The lowest BCUT2D eigenvalue weighted by Gasteiger charge is -2.61. The van der Waals surface area contributed by atoms with Gasteiger partial charge in [-0.3, -0.25) is 0 Å². The van der Waals surface area contributed by atoms with Crippen molar-refractivity contribution in [2.24, 2.45) is 11.8 Å². The number of anilines is 1. The minimum absolute atomic E-state index is 0.00769. The average molecular weight is 353 g/mol. The van der Waals surface area contributed by atoms with Crippen LogP contribution in [0.2, 0.25) is 0 Å². The van der Waals surface area contributed by atoms with Gasteiger partial charge in [0.05, 0.1) is 16.4 Å². The van der Waals surface area contributed by atoms with Gasteiger partial charge >= 0.3 is 0 Å². The maximum absolute atomic E-state index is 9.88. The second-order valence-electron chi connectivity index (χ2n) is 5.94. The number of aliphatic hydroxyl groups excluding tert-OH is 2. The molecule has 23 heavy (non-hydrogen) atoms. The molecular weight excluding hydrogens is 334 g/mol. The molecule has 1 spiro atoms. The van der Waals surface area contributed by atoms with Crippen LogP contribution >= 0.6 is 23.5 Å². The van der Waals surface area contributed by atoms with Crippen molar-refractivity contribution in [2.45, 2.75) is 16.5 Å².